The number of furan rings is 1. The lowest BCUT2D eigenvalue weighted by atomic mass is 10.3. The van der Waals surface area contributed by atoms with Crippen molar-refractivity contribution in [2.45, 2.75) is 6.29 Å². The number of nitrogens with one attached hydrogen (secondary N) is 2. The molecule has 0 aliphatic carbocycles. The second kappa shape index (κ2) is 7.32. The number of carbonyl (C=O) groups is 3. The van der Waals surface area contributed by atoms with Crippen LogP contribution < -0.4 is 20.1 Å². The van der Waals surface area contributed by atoms with Crippen LogP contribution in [0, 0.1) is 0 Å². The summed E-state index contributed by atoms with van der Waals surface area (Å²) in [6.45, 7) is -1.11. The van der Waals surface area contributed by atoms with E-state index in [0.29, 0.717) is 0 Å². The molecule has 1 aromatic heterocycles. The molecule has 11 heteroatoms. The molecule has 3 rings (SSSR count). The van der Waals surface area contributed by atoms with Gasteiger partial charge in [0.25, 0.3) is 11.8 Å². The molecule has 0 saturated heterocycles. The van der Waals surface area contributed by atoms with Crippen LogP contribution in [-0.2, 0) is 14.3 Å². The highest BCUT2D eigenvalue weighted by atomic mass is 19.3. The fourth-order valence-electron chi connectivity index (χ4n) is 2.07. The number of alkyl halides is 2. The Morgan fingerprint density at radius 1 is 1.11 bits per heavy atom. The Morgan fingerprint density at radius 3 is 2.63 bits per heavy atom. The number of benzene rings is 1. The van der Waals surface area contributed by atoms with Gasteiger partial charge in [-0.25, -0.2) is 0 Å². The van der Waals surface area contributed by atoms with Crippen molar-refractivity contribution in [1.29, 1.82) is 0 Å². The second-order valence-corrected chi connectivity index (χ2v) is 5.20. The third kappa shape index (κ3) is 4.71. The van der Waals surface area contributed by atoms with Crippen LogP contribution in [0.1, 0.15) is 10.6 Å². The van der Waals surface area contributed by atoms with Crippen LogP contribution >= 0.6 is 0 Å². The van der Waals surface area contributed by atoms with Gasteiger partial charge in [-0.15, -0.1) is 8.78 Å². The third-order valence-electron chi connectivity index (χ3n) is 3.19. The topological polar surface area (TPSA) is 116 Å². The summed E-state index contributed by atoms with van der Waals surface area (Å²) in [6, 6.07) is 6.57. The first-order valence-electron chi connectivity index (χ1n) is 7.49. The quantitative estimate of drug-likeness (QED) is 0.728. The van der Waals surface area contributed by atoms with Crippen molar-refractivity contribution in [3.63, 3.8) is 0 Å². The first kappa shape index (κ1) is 18.2. The Morgan fingerprint density at radius 2 is 1.89 bits per heavy atom. The van der Waals surface area contributed by atoms with Gasteiger partial charge in [0, 0.05) is 11.8 Å². The Labute approximate surface area is 150 Å². The zero-order chi connectivity index (χ0) is 19.4. The summed E-state index contributed by atoms with van der Waals surface area (Å²) in [5.74, 6) is -2.57. The SMILES string of the molecule is O=C(COC(=O)CNC(=O)c1ccco1)Nc1ccc2c(c1)OC(F)(F)O2. The van der Waals surface area contributed by atoms with Crippen molar-refractivity contribution in [3.8, 4) is 11.5 Å². The number of hydrogen-bond donors (Lipinski definition) is 2. The number of rotatable bonds is 6. The van der Waals surface area contributed by atoms with Gasteiger partial charge in [-0.1, -0.05) is 0 Å². The second-order valence-electron chi connectivity index (χ2n) is 5.20. The van der Waals surface area contributed by atoms with E-state index in [2.05, 4.69) is 20.1 Å². The first-order valence-corrected chi connectivity index (χ1v) is 7.49. The van der Waals surface area contributed by atoms with Gasteiger partial charge in [-0.05, 0) is 24.3 Å². The molecule has 1 aromatic carbocycles. The van der Waals surface area contributed by atoms with Gasteiger partial charge < -0.3 is 29.3 Å². The molecule has 1 aliphatic heterocycles. The van der Waals surface area contributed by atoms with Crippen molar-refractivity contribution in [1.82, 2.24) is 5.32 Å². The van der Waals surface area contributed by atoms with Gasteiger partial charge in [0.1, 0.15) is 6.54 Å². The fourth-order valence-corrected chi connectivity index (χ4v) is 2.07. The minimum Gasteiger partial charge on any atom is -0.459 e. The molecule has 0 saturated carbocycles. The minimum atomic E-state index is -3.76. The van der Waals surface area contributed by atoms with E-state index >= 15 is 0 Å². The summed E-state index contributed by atoms with van der Waals surface area (Å²) in [6.07, 6.45) is -2.46. The molecule has 2 N–H and O–H groups in total. The molecule has 0 radical (unpaired) electrons. The van der Waals surface area contributed by atoms with Crippen molar-refractivity contribution < 1.29 is 41.8 Å². The van der Waals surface area contributed by atoms with Gasteiger partial charge >= 0.3 is 12.3 Å². The van der Waals surface area contributed by atoms with Crippen LogP contribution in [0.15, 0.2) is 41.0 Å². The summed E-state index contributed by atoms with van der Waals surface area (Å²) in [5, 5.41) is 4.60. The summed E-state index contributed by atoms with van der Waals surface area (Å²) >= 11 is 0. The zero-order valence-electron chi connectivity index (χ0n) is 13.5. The summed E-state index contributed by atoms with van der Waals surface area (Å²) in [7, 11) is 0. The molecule has 142 valence electrons. The molecule has 0 spiro atoms. The van der Waals surface area contributed by atoms with Crippen LogP contribution in [-0.4, -0.2) is 37.2 Å². The maximum atomic E-state index is 12.9. The van der Waals surface area contributed by atoms with Crippen LogP contribution in [0.4, 0.5) is 14.5 Å². The van der Waals surface area contributed by atoms with Gasteiger partial charge in [0.15, 0.2) is 23.9 Å². The van der Waals surface area contributed by atoms with E-state index in [0.717, 1.165) is 6.07 Å². The third-order valence-corrected chi connectivity index (χ3v) is 3.19. The molecule has 27 heavy (non-hydrogen) atoms. The Bertz CT molecular complexity index is 868. The number of hydrogen-bond acceptors (Lipinski definition) is 7. The standard InChI is InChI=1S/C16H12F2N2O7/c17-16(18)26-10-4-3-9(6-12(10)27-16)20-13(21)8-25-14(22)7-19-15(23)11-2-1-5-24-11/h1-6H,7-8H2,(H,19,23)(H,20,21). The molecular weight excluding hydrogens is 370 g/mol. The van der Waals surface area contributed by atoms with E-state index in [-0.39, 0.29) is 22.9 Å². The van der Waals surface area contributed by atoms with Crippen molar-refractivity contribution >= 4 is 23.5 Å². The van der Waals surface area contributed by atoms with Crippen LogP contribution in [0.3, 0.4) is 0 Å². The van der Waals surface area contributed by atoms with E-state index in [4.69, 9.17) is 9.15 Å². The van der Waals surface area contributed by atoms with E-state index < -0.39 is 37.2 Å². The lowest BCUT2D eigenvalue weighted by molar-refractivity contribution is -0.286. The maximum absolute atomic E-state index is 12.9. The predicted molar refractivity (Wildman–Crippen MR) is 83.3 cm³/mol. The van der Waals surface area contributed by atoms with Gasteiger partial charge in [0.2, 0.25) is 0 Å². The normalized spacial score (nSPS) is 13.7. The van der Waals surface area contributed by atoms with Gasteiger partial charge in [-0.2, -0.15) is 0 Å². The first-order chi connectivity index (χ1) is 12.8. The van der Waals surface area contributed by atoms with Crippen molar-refractivity contribution in [3.05, 3.63) is 42.4 Å². The van der Waals surface area contributed by atoms with Crippen LogP contribution in [0.2, 0.25) is 0 Å². The number of halogens is 2. The Kier molecular flexibility index (Phi) is 4.92. The summed E-state index contributed by atoms with van der Waals surface area (Å²) < 4.78 is 43.9. The van der Waals surface area contributed by atoms with Gasteiger partial charge in [0.05, 0.1) is 6.26 Å². The highest BCUT2D eigenvalue weighted by Crippen LogP contribution is 2.42. The largest absolute Gasteiger partial charge is 0.586 e. The molecule has 1 aliphatic rings. The van der Waals surface area contributed by atoms with E-state index in [1.54, 1.807) is 0 Å². The lowest BCUT2D eigenvalue weighted by Gasteiger charge is -2.07. The molecule has 9 nitrogen and oxygen atoms in total. The van der Waals surface area contributed by atoms with E-state index in [1.807, 2.05) is 0 Å². The molecule has 2 amide bonds. The molecule has 2 aromatic rings. The molecular formula is C16H12F2N2O7. The number of ether oxygens (including phenoxy) is 3. The van der Waals surface area contributed by atoms with E-state index in [1.165, 1.54) is 30.5 Å². The summed E-state index contributed by atoms with van der Waals surface area (Å²) in [4.78, 5) is 34.9. The number of amides is 2. The average Bonchev–Trinajstić information content (AvgIpc) is 3.23. The highest BCUT2D eigenvalue weighted by Gasteiger charge is 2.43. The molecule has 2 heterocycles. The number of anilines is 1. The molecule has 0 fully saturated rings. The molecule has 0 unspecified atom stereocenters. The number of fused-ring (bicyclic) bond motifs is 1. The highest BCUT2D eigenvalue weighted by molar-refractivity contribution is 5.95. The van der Waals surface area contributed by atoms with Crippen LogP contribution in [0.5, 0.6) is 11.5 Å². The summed E-state index contributed by atoms with van der Waals surface area (Å²) in [5.41, 5.74) is 0.141. The lowest BCUT2D eigenvalue weighted by Crippen LogP contribution is -2.32. The van der Waals surface area contributed by atoms with Gasteiger partial charge in [-0.3, -0.25) is 14.4 Å². The maximum Gasteiger partial charge on any atom is 0.586 e. The zero-order valence-corrected chi connectivity index (χ0v) is 13.5. The Balaban J connectivity index is 1.42. The number of carbonyl (C=O) groups excluding carboxylic acids is 3. The minimum absolute atomic E-state index is 0.0222. The monoisotopic (exact) mass is 382 g/mol. The Hall–Kier alpha value is -3.63. The smallest absolute Gasteiger partial charge is 0.459 e. The predicted octanol–water partition coefficient (Wildman–Crippen LogP) is 1.51. The van der Waals surface area contributed by atoms with Crippen molar-refractivity contribution in [2.75, 3.05) is 18.5 Å². The molecule has 0 bridgehead atoms. The van der Waals surface area contributed by atoms with E-state index in [9.17, 15) is 23.2 Å². The van der Waals surface area contributed by atoms with Crippen molar-refractivity contribution in [2.24, 2.45) is 0 Å². The molecule has 0 atom stereocenters. The average molecular weight is 382 g/mol. The number of esters is 1. The fraction of sp³-hybridized carbons (Fsp3) is 0.188. The van der Waals surface area contributed by atoms with Crippen LogP contribution in [0.25, 0.3) is 0 Å².